The standard InChI is InChI=1S/C18H23F3N4O/c1-10(2)25-15-6-5-13(9-14(15)23-17(25)18(19,20)21)16(26)24-8-7-22-11(3)12(24)4/h5-6,9-12,22H,7-8H2,1-4H3. The lowest BCUT2D eigenvalue weighted by Gasteiger charge is -2.38. The highest BCUT2D eigenvalue weighted by molar-refractivity contribution is 5.97. The van der Waals surface area contributed by atoms with E-state index in [-0.39, 0.29) is 23.5 Å². The maximum atomic E-state index is 13.3. The summed E-state index contributed by atoms with van der Waals surface area (Å²) in [5.41, 5.74) is 0.930. The van der Waals surface area contributed by atoms with Gasteiger partial charge in [-0.3, -0.25) is 4.79 Å². The quantitative estimate of drug-likeness (QED) is 0.883. The summed E-state index contributed by atoms with van der Waals surface area (Å²) in [4.78, 5) is 18.4. The smallest absolute Gasteiger partial charge is 0.333 e. The Labute approximate surface area is 150 Å². The van der Waals surface area contributed by atoms with Crippen LogP contribution < -0.4 is 5.32 Å². The molecule has 1 saturated heterocycles. The molecule has 0 radical (unpaired) electrons. The topological polar surface area (TPSA) is 50.2 Å². The van der Waals surface area contributed by atoms with Crippen LogP contribution in [0.4, 0.5) is 13.2 Å². The summed E-state index contributed by atoms with van der Waals surface area (Å²) in [6.07, 6.45) is -4.55. The number of carbonyl (C=O) groups is 1. The molecule has 3 rings (SSSR count). The van der Waals surface area contributed by atoms with Crippen molar-refractivity contribution < 1.29 is 18.0 Å². The summed E-state index contributed by atoms with van der Waals surface area (Å²) in [7, 11) is 0. The number of imidazole rings is 1. The Morgan fingerprint density at radius 3 is 2.62 bits per heavy atom. The van der Waals surface area contributed by atoms with Gasteiger partial charge in [-0.1, -0.05) is 0 Å². The zero-order valence-corrected chi connectivity index (χ0v) is 15.3. The zero-order valence-electron chi connectivity index (χ0n) is 15.3. The van der Waals surface area contributed by atoms with Crippen LogP contribution in [-0.2, 0) is 6.18 Å². The normalized spacial score (nSPS) is 21.6. The van der Waals surface area contributed by atoms with Crippen LogP contribution in [0.25, 0.3) is 11.0 Å². The number of rotatable bonds is 2. The molecule has 8 heteroatoms. The first-order valence-electron chi connectivity index (χ1n) is 8.74. The number of piperazine rings is 1. The first-order valence-corrected chi connectivity index (χ1v) is 8.74. The van der Waals surface area contributed by atoms with Gasteiger partial charge in [-0.25, -0.2) is 4.98 Å². The monoisotopic (exact) mass is 368 g/mol. The molecule has 1 aromatic heterocycles. The molecule has 1 N–H and O–H groups in total. The number of aromatic nitrogens is 2. The van der Waals surface area contributed by atoms with Gasteiger partial charge in [-0.2, -0.15) is 13.2 Å². The number of nitrogens with zero attached hydrogens (tertiary/aromatic N) is 3. The van der Waals surface area contributed by atoms with Gasteiger partial charge in [0.25, 0.3) is 5.91 Å². The van der Waals surface area contributed by atoms with Gasteiger partial charge in [0.05, 0.1) is 11.0 Å². The van der Waals surface area contributed by atoms with Crippen molar-refractivity contribution in [1.29, 1.82) is 0 Å². The molecule has 1 amide bonds. The summed E-state index contributed by atoms with van der Waals surface area (Å²) in [6.45, 7) is 8.59. The second-order valence-electron chi connectivity index (χ2n) is 7.08. The summed E-state index contributed by atoms with van der Waals surface area (Å²) >= 11 is 0. The van der Waals surface area contributed by atoms with Crippen molar-refractivity contribution in [2.24, 2.45) is 0 Å². The van der Waals surface area contributed by atoms with Gasteiger partial charge in [0.15, 0.2) is 0 Å². The molecule has 2 aromatic rings. The maximum Gasteiger partial charge on any atom is 0.449 e. The van der Waals surface area contributed by atoms with E-state index < -0.39 is 18.0 Å². The Kier molecular flexibility index (Phi) is 4.72. The van der Waals surface area contributed by atoms with Gasteiger partial charge in [-0.15, -0.1) is 0 Å². The Morgan fingerprint density at radius 1 is 1.31 bits per heavy atom. The largest absolute Gasteiger partial charge is 0.449 e. The van der Waals surface area contributed by atoms with Crippen LogP contribution in [-0.4, -0.2) is 45.5 Å². The molecule has 5 nitrogen and oxygen atoms in total. The van der Waals surface area contributed by atoms with E-state index in [4.69, 9.17) is 0 Å². The molecule has 1 aliphatic heterocycles. The highest BCUT2D eigenvalue weighted by Gasteiger charge is 2.38. The minimum absolute atomic E-state index is 0.00547. The molecule has 0 saturated carbocycles. The van der Waals surface area contributed by atoms with Gasteiger partial charge < -0.3 is 14.8 Å². The predicted molar refractivity (Wildman–Crippen MR) is 93.1 cm³/mol. The van der Waals surface area contributed by atoms with E-state index in [1.165, 1.54) is 10.6 Å². The number of halogens is 3. The van der Waals surface area contributed by atoms with Crippen molar-refractivity contribution in [2.45, 2.75) is 52.0 Å². The van der Waals surface area contributed by atoms with E-state index in [0.717, 1.165) is 0 Å². The summed E-state index contributed by atoms with van der Waals surface area (Å²) in [6, 6.07) is 4.38. The third-order valence-electron chi connectivity index (χ3n) is 5.00. The van der Waals surface area contributed by atoms with Crippen molar-refractivity contribution in [1.82, 2.24) is 19.8 Å². The van der Waals surface area contributed by atoms with E-state index in [0.29, 0.717) is 24.2 Å². The lowest BCUT2D eigenvalue weighted by molar-refractivity contribution is -0.147. The molecular formula is C18H23F3N4O. The Morgan fingerprint density at radius 2 is 2.00 bits per heavy atom. The second kappa shape index (κ2) is 6.57. The molecule has 142 valence electrons. The van der Waals surface area contributed by atoms with Crippen molar-refractivity contribution in [2.75, 3.05) is 13.1 Å². The van der Waals surface area contributed by atoms with Crippen LogP contribution in [0.15, 0.2) is 18.2 Å². The second-order valence-corrected chi connectivity index (χ2v) is 7.08. The number of hydrogen-bond donors (Lipinski definition) is 1. The number of benzene rings is 1. The molecule has 26 heavy (non-hydrogen) atoms. The maximum absolute atomic E-state index is 13.3. The van der Waals surface area contributed by atoms with Crippen molar-refractivity contribution in [3.8, 4) is 0 Å². The van der Waals surface area contributed by atoms with E-state index in [1.54, 1.807) is 30.9 Å². The fourth-order valence-electron chi connectivity index (χ4n) is 3.46. The van der Waals surface area contributed by atoms with Crippen LogP contribution in [0.1, 0.15) is 49.9 Å². The van der Waals surface area contributed by atoms with Gasteiger partial charge in [0.1, 0.15) is 0 Å². The molecule has 1 aliphatic rings. The highest BCUT2D eigenvalue weighted by Crippen LogP contribution is 2.34. The number of hydrogen-bond acceptors (Lipinski definition) is 3. The number of nitrogens with one attached hydrogen (secondary N) is 1. The first-order chi connectivity index (χ1) is 12.1. The molecule has 2 atom stereocenters. The molecule has 2 heterocycles. The van der Waals surface area contributed by atoms with Crippen LogP contribution in [0.5, 0.6) is 0 Å². The summed E-state index contributed by atoms with van der Waals surface area (Å²) in [5.74, 6) is -1.11. The van der Waals surface area contributed by atoms with E-state index >= 15 is 0 Å². The van der Waals surface area contributed by atoms with E-state index in [9.17, 15) is 18.0 Å². The van der Waals surface area contributed by atoms with Crippen molar-refractivity contribution in [3.63, 3.8) is 0 Å². The number of amides is 1. The minimum atomic E-state index is -4.55. The van der Waals surface area contributed by atoms with Crippen molar-refractivity contribution >= 4 is 16.9 Å². The molecule has 1 aromatic carbocycles. The average Bonchev–Trinajstić information content (AvgIpc) is 2.96. The fraction of sp³-hybridized carbons (Fsp3) is 0.556. The average molecular weight is 368 g/mol. The third-order valence-corrected chi connectivity index (χ3v) is 5.00. The van der Waals surface area contributed by atoms with Crippen LogP contribution in [0.2, 0.25) is 0 Å². The lowest BCUT2D eigenvalue weighted by Crippen LogP contribution is -2.57. The van der Waals surface area contributed by atoms with E-state index in [2.05, 4.69) is 10.3 Å². The molecule has 2 unspecified atom stereocenters. The summed E-state index contributed by atoms with van der Waals surface area (Å²) in [5, 5.41) is 3.30. The first kappa shape index (κ1) is 18.7. The van der Waals surface area contributed by atoms with Gasteiger partial charge in [0, 0.05) is 36.8 Å². The predicted octanol–water partition coefficient (Wildman–Crippen LogP) is 3.46. The zero-order chi connectivity index (χ0) is 19.2. The SMILES string of the molecule is CC1NCCN(C(=O)c2ccc3c(c2)nc(C(F)(F)F)n3C(C)C)C1C. The van der Waals surface area contributed by atoms with Gasteiger partial charge in [-0.05, 0) is 45.9 Å². The minimum Gasteiger partial charge on any atom is -0.333 e. The van der Waals surface area contributed by atoms with Crippen molar-refractivity contribution in [3.05, 3.63) is 29.6 Å². The number of fused-ring (bicyclic) bond motifs is 1. The lowest BCUT2D eigenvalue weighted by atomic mass is 10.0. The Bertz CT molecular complexity index is 828. The Balaban J connectivity index is 2.03. The fourth-order valence-corrected chi connectivity index (χ4v) is 3.46. The van der Waals surface area contributed by atoms with Crippen LogP contribution in [0.3, 0.4) is 0 Å². The number of carbonyl (C=O) groups excluding carboxylic acids is 1. The molecule has 1 fully saturated rings. The summed E-state index contributed by atoms with van der Waals surface area (Å²) < 4.78 is 41.1. The van der Waals surface area contributed by atoms with Crippen LogP contribution >= 0.6 is 0 Å². The molecule has 0 spiro atoms. The van der Waals surface area contributed by atoms with E-state index in [1.807, 2.05) is 13.8 Å². The number of alkyl halides is 3. The van der Waals surface area contributed by atoms with Gasteiger partial charge >= 0.3 is 6.18 Å². The molecule has 0 bridgehead atoms. The third kappa shape index (κ3) is 3.18. The molecule has 0 aliphatic carbocycles. The van der Waals surface area contributed by atoms with Crippen LogP contribution in [0, 0.1) is 0 Å². The highest BCUT2D eigenvalue weighted by atomic mass is 19.4. The Hall–Kier alpha value is -2.09. The van der Waals surface area contributed by atoms with Gasteiger partial charge in [0.2, 0.25) is 5.82 Å². The molecular weight excluding hydrogens is 345 g/mol.